The molecule has 3 heteroatoms. The summed E-state index contributed by atoms with van der Waals surface area (Å²) in [5.41, 5.74) is 0. The van der Waals surface area contributed by atoms with E-state index in [9.17, 15) is 5.11 Å². The Hall–Kier alpha value is -0.120. The maximum atomic E-state index is 9.24. The first kappa shape index (κ1) is 12.3. The second kappa shape index (κ2) is 6.58. The highest BCUT2D eigenvalue weighted by Gasteiger charge is 2.26. The molecule has 0 bridgehead atoms. The third-order valence-electron chi connectivity index (χ3n) is 4.26. The topological polar surface area (TPSA) is 44.3 Å². The lowest BCUT2D eigenvalue weighted by molar-refractivity contribution is 0.191. The number of nitrogens with one attached hydrogen (secondary N) is 2. The molecule has 2 rings (SSSR count). The van der Waals surface area contributed by atoms with Crippen LogP contribution in [0.25, 0.3) is 0 Å². The summed E-state index contributed by atoms with van der Waals surface area (Å²) in [5, 5.41) is 16.4. The highest BCUT2D eigenvalue weighted by atomic mass is 16.3. The fourth-order valence-electron chi connectivity index (χ4n) is 3.16. The Morgan fingerprint density at radius 1 is 1.00 bits per heavy atom. The van der Waals surface area contributed by atoms with Gasteiger partial charge in [-0.25, -0.2) is 0 Å². The standard InChI is InChI=1S/C13H26N2O/c16-10-12-5-3-4-11(12)8-14-9-13-6-1-2-7-15-13/h11-16H,1-10H2. The van der Waals surface area contributed by atoms with E-state index in [-0.39, 0.29) is 0 Å². The quantitative estimate of drug-likeness (QED) is 0.658. The summed E-state index contributed by atoms with van der Waals surface area (Å²) < 4.78 is 0. The number of rotatable bonds is 5. The largest absolute Gasteiger partial charge is 0.396 e. The van der Waals surface area contributed by atoms with Crippen molar-refractivity contribution in [1.29, 1.82) is 0 Å². The second-order valence-electron chi connectivity index (χ2n) is 5.44. The molecule has 0 radical (unpaired) electrons. The molecule has 2 fully saturated rings. The van der Waals surface area contributed by atoms with E-state index in [4.69, 9.17) is 0 Å². The summed E-state index contributed by atoms with van der Waals surface area (Å²) in [6.07, 6.45) is 7.87. The van der Waals surface area contributed by atoms with Crippen LogP contribution in [0.2, 0.25) is 0 Å². The van der Waals surface area contributed by atoms with Crippen LogP contribution in [0.1, 0.15) is 38.5 Å². The van der Waals surface area contributed by atoms with Gasteiger partial charge in [0.15, 0.2) is 0 Å². The van der Waals surface area contributed by atoms with Gasteiger partial charge in [0.2, 0.25) is 0 Å². The van der Waals surface area contributed by atoms with Crippen LogP contribution in [0.4, 0.5) is 0 Å². The molecule has 1 saturated heterocycles. The maximum absolute atomic E-state index is 9.24. The molecular formula is C13H26N2O. The normalized spacial score (nSPS) is 35.4. The van der Waals surface area contributed by atoms with E-state index in [1.807, 2.05) is 0 Å². The Morgan fingerprint density at radius 3 is 2.62 bits per heavy atom. The zero-order chi connectivity index (χ0) is 11.2. The van der Waals surface area contributed by atoms with E-state index < -0.39 is 0 Å². The van der Waals surface area contributed by atoms with E-state index in [1.165, 1.54) is 45.1 Å². The van der Waals surface area contributed by atoms with Crippen LogP contribution in [0.3, 0.4) is 0 Å². The van der Waals surface area contributed by atoms with Gasteiger partial charge < -0.3 is 15.7 Å². The monoisotopic (exact) mass is 226 g/mol. The molecule has 1 aliphatic heterocycles. The summed E-state index contributed by atoms with van der Waals surface area (Å²) in [5.74, 6) is 1.28. The first-order chi connectivity index (χ1) is 7.90. The van der Waals surface area contributed by atoms with Gasteiger partial charge in [0.25, 0.3) is 0 Å². The SMILES string of the molecule is OCC1CCCC1CNCC1CCCCN1. The van der Waals surface area contributed by atoms with E-state index in [0.717, 1.165) is 13.1 Å². The molecule has 1 saturated carbocycles. The van der Waals surface area contributed by atoms with Crippen molar-refractivity contribution in [2.45, 2.75) is 44.6 Å². The van der Waals surface area contributed by atoms with E-state index in [2.05, 4.69) is 10.6 Å². The third-order valence-corrected chi connectivity index (χ3v) is 4.26. The molecule has 0 aromatic heterocycles. The van der Waals surface area contributed by atoms with Crippen LogP contribution in [0, 0.1) is 11.8 Å². The predicted octanol–water partition coefficient (Wildman–Crippen LogP) is 1.13. The van der Waals surface area contributed by atoms with Crippen molar-refractivity contribution in [1.82, 2.24) is 10.6 Å². The smallest absolute Gasteiger partial charge is 0.0462 e. The molecule has 94 valence electrons. The van der Waals surface area contributed by atoms with Crippen molar-refractivity contribution in [2.24, 2.45) is 11.8 Å². The number of aliphatic hydroxyl groups excluding tert-OH is 1. The minimum Gasteiger partial charge on any atom is -0.396 e. The predicted molar refractivity (Wildman–Crippen MR) is 66.4 cm³/mol. The molecule has 3 N–H and O–H groups in total. The Bertz CT molecular complexity index is 192. The highest BCUT2D eigenvalue weighted by molar-refractivity contribution is 4.80. The van der Waals surface area contributed by atoms with Gasteiger partial charge in [0, 0.05) is 19.2 Å². The maximum Gasteiger partial charge on any atom is 0.0462 e. The fraction of sp³-hybridized carbons (Fsp3) is 1.00. The average molecular weight is 226 g/mol. The molecule has 3 nitrogen and oxygen atoms in total. The van der Waals surface area contributed by atoms with E-state index >= 15 is 0 Å². The van der Waals surface area contributed by atoms with Gasteiger partial charge in [0.05, 0.1) is 0 Å². The Balaban J connectivity index is 1.59. The zero-order valence-electron chi connectivity index (χ0n) is 10.3. The molecule has 0 spiro atoms. The first-order valence-electron chi connectivity index (χ1n) is 6.95. The molecule has 1 heterocycles. The van der Waals surface area contributed by atoms with Gasteiger partial charge in [-0.05, 0) is 50.6 Å². The lowest BCUT2D eigenvalue weighted by atomic mass is 9.96. The van der Waals surface area contributed by atoms with Crippen molar-refractivity contribution in [3.8, 4) is 0 Å². The number of piperidine rings is 1. The van der Waals surface area contributed by atoms with Gasteiger partial charge in [-0.1, -0.05) is 12.8 Å². The van der Waals surface area contributed by atoms with E-state index in [0.29, 0.717) is 24.5 Å². The van der Waals surface area contributed by atoms with Gasteiger partial charge in [0.1, 0.15) is 0 Å². The minimum absolute atomic E-state index is 0.383. The molecule has 3 unspecified atom stereocenters. The van der Waals surface area contributed by atoms with Crippen molar-refractivity contribution in [3.05, 3.63) is 0 Å². The zero-order valence-corrected chi connectivity index (χ0v) is 10.3. The van der Waals surface area contributed by atoms with Crippen molar-refractivity contribution in [2.75, 3.05) is 26.2 Å². The van der Waals surface area contributed by atoms with Crippen molar-refractivity contribution >= 4 is 0 Å². The number of hydrogen-bond donors (Lipinski definition) is 3. The first-order valence-corrected chi connectivity index (χ1v) is 6.95. The lowest BCUT2D eigenvalue weighted by Crippen LogP contribution is -2.43. The average Bonchev–Trinajstić information content (AvgIpc) is 2.78. The highest BCUT2D eigenvalue weighted by Crippen LogP contribution is 2.30. The molecule has 0 aromatic rings. The van der Waals surface area contributed by atoms with Crippen LogP contribution in [0.15, 0.2) is 0 Å². The summed E-state index contributed by atoms with van der Waals surface area (Å²) in [6, 6.07) is 0.683. The molecular weight excluding hydrogens is 200 g/mol. The van der Waals surface area contributed by atoms with Gasteiger partial charge in [-0.15, -0.1) is 0 Å². The molecule has 16 heavy (non-hydrogen) atoms. The second-order valence-corrected chi connectivity index (χ2v) is 5.44. The lowest BCUT2D eigenvalue weighted by Gasteiger charge is -2.25. The molecule has 0 aromatic carbocycles. The number of aliphatic hydroxyl groups is 1. The van der Waals surface area contributed by atoms with Gasteiger partial charge in [-0.3, -0.25) is 0 Å². The van der Waals surface area contributed by atoms with Crippen LogP contribution < -0.4 is 10.6 Å². The van der Waals surface area contributed by atoms with Crippen LogP contribution >= 0.6 is 0 Å². The minimum atomic E-state index is 0.383. The van der Waals surface area contributed by atoms with Gasteiger partial charge >= 0.3 is 0 Å². The fourth-order valence-corrected chi connectivity index (χ4v) is 3.16. The summed E-state index contributed by atoms with van der Waals surface area (Å²) >= 11 is 0. The summed E-state index contributed by atoms with van der Waals surface area (Å²) in [4.78, 5) is 0. The van der Waals surface area contributed by atoms with Crippen LogP contribution in [0.5, 0.6) is 0 Å². The van der Waals surface area contributed by atoms with Crippen LogP contribution in [-0.2, 0) is 0 Å². The molecule has 0 amide bonds. The summed E-state index contributed by atoms with van der Waals surface area (Å²) in [6.45, 7) is 3.78. The third kappa shape index (κ3) is 3.44. The molecule has 2 aliphatic rings. The summed E-state index contributed by atoms with van der Waals surface area (Å²) in [7, 11) is 0. The van der Waals surface area contributed by atoms with E-state index in [1.54, 1.807) is 0 Å². The van der Waals surface area contributed by atoms with Crippen molar-refractivity contribution < 1.29 is 5.11 Å². The molecule has 1 aliphatic carbocycles. The molecule has 3 atom stereocenters. The van der Waals surface area contributed by atoms with Crippen LogP contribution in [-0.4, -0.2) is 37.4 Å². The Morgan fingerprint density at radius 2 is 1.88 bits per heavy atom. The van der Waals surface area contributed by atoms with Crippen molar-refractivity contribution in [3.63, 3.8) is 0 Å². The Kier molecular flexibility index (Phi) is 5.07. The Labute approximate surface area is 99.0 Å². The number of hydrogen-bond acceptors (Lipinski definition) is 3. The van der Waals surface area contributed by atoms with Gasteiger partial charge in [-0.2, -0.15) is 0 Å².